The van der Waals surface area contributed by atoms with Crippen molar-refractivity contribution >= 4 is 12.3 Å². The highest BCUT2D eigenvalue weighted by molar-refractivity contribution is 5.67. The Morgan fingerprint density at radius 3 is 2.31 bits per heavy atom. The predicted molar refractivity (Wildman–Crippen MR) is 64.4 cm³/mol. The number of carbonyl (C=O) groups is 2. The van der Waals surface area contributed by atoms with Gasteiger partial charge in [0.2, 0.25) is 0 Å². The second-order valence-corrected chi connectivity index (χ2v) is 4.39. The van der Waals surface area contributed by atoms with Crippen LogP contribution in [-0.2, 0) is 9.59 Å². The average molecular weight is 228 g/mol. The highest BCUT2D eigenvalue weighted by atomic mass is 16.4. The number of unbranched alkanes of at least 4 members (excludes halogenated alkanes) is 5. The Balaban J connectivity index is 3.40. The number of carboxylic acids is 1. The molecule has 0 bridgehead atoms. The molecule has 0 heterocycles. The van der Waals surface area contributed by atoms with E-state index in [1.165, 1.54) is 25.7 Å². The van der Waals surface area contributed by atoms with Gasteiger partial charge in [-0.3, -0.25) is 4.79 Å². The van der Waals surface area contributed by atoms with Gasteiger partial charge in [0.1, 0.15) is 6.29 Å². The molecule has 3 nitrogen and oxygen atoms in total. The van der Waals surface area contributed by atoms with Crippen LogP contribution in [0.4, 0.5) is 0 Å². The molecule has 0 aromatic heterocycles. The molecule has 0 spiro atoms. The van der Waals surface area contributed by atoms with E-state index in [2.05, 4.69) is 6.92 Å². The van der Waals surface area contributed by atoms with Crippen molar-refractivity contribution in [1.29, 1.82) is 0 Å². The Kier molecular flexibility index (Phi) is 10.1. The molecule has 0 aliphatic rings. The van der Waals surface area contributed by atoms with Crippen LogP contribution in [0.2, 0.25) is 0 Å². The van der Waals surface area contributed by atoms with Crippen molar-refractivity contribution in [1.82, 2.24) is 0 Å². The van der Waals surface area contributed by atoms with E-state index in [-0.39, 0.29) is 12.3 Å². The summed E-state index contributed by atoms with van der Waals surface area (Å²) >= 11 is 0. The first-order chi connectivity index (χ1) is 7.70. The summed E-state index contributed by atoms with van der Waals surface area (Å²) in [5, 5.41) is 8.51. The minimum Gasteiger partial charge on any atom is -0.481 e. The van der Waals surface area contributed by atoms with Crippen LogP contribution in [0.5, 0.6) is 0 Å². The topological polar surface area (TPSA) is 54.4 Å². The highest BCUT2D eigenvalue weighted by Crippen LogP contribution is 2.15. The van der Waals surface area contributed by atoms with Gasteiger partial charge in [-0.05, 0) is 12.8 Å². The average Bonchev–Trinajstić information content (AvgIpc) is 2.27. The van der Waals surface area contributed by atoms with Gasteiger partial charge in [0.25, 0.3) is 0 Å². The molecule has 0 aromatic rings. The van der Waals surface area contributed by atoms with Crippen molar-refractivity contribution in [2.45, 2.75) is 64.7 Å². The molecule has 0 rings (SSSR count). The molecule has 94 valence electrons. The lowest BCUT2D eigenvalue weighted by molar-refractivity contribution is -0.137. The van der Waals surface area contributed by atoms with Crippen LogP contribution in [0.25, 0.3) is 0 Å². The van der Waals surface area contributed by atoms with Gasteiger partial charge < -0.3 is 9.90 Å². The summed E-state index contributed by atoms with van der Waals surface area (Å²) in [6.45, 7) is 2.19. The molecule has 0 radical (unpaired) electrons. The lowest BCUT2D eigenvalue weighted by Gasteiger charge is -2.08. The first-order valence-corrected chi connectivity index (χ1v) is 6.37. The number of hydrogen-bond donors (Lipinski definition) is 1. The Labute approximate surface area is 98.2 Å². The maximum atomic E-state index is 10.7. The Bertz CT molecular complexity index is 190. The van der Waals surface area contributed by atoms with Crippen LogP contribution < -0.4 is 0 Å². The molecule has 3 heteroatoms. The minimum absolute atomic E-state index is 0.0534. The molecular formula is C13H24O3. The van der Waals surface area contributed by atoms with E-state index in [1.54, 1.807) is 0 Å². The lowest BCUT2D eigenvalue weighted by Crippen LogP contribution is -2.05. The summed E-state index contributed by atoms with van der Waals surface area (Å²) in [4.78, 5) is 21.0. The Hall–Kier alpha value is -0.860. The quantitative estimate of drug-likeness (QED) is 0.435. The number of hydrogen-bond acceptors (Lipinski definition) is 2. The molecule has 16 heavy (non-hydrogen) atoms. The summed E-state index contributed by atoms with van der Waals surface area (Å²) < 4.78 is 0. The Morgan fingerprint density at radius 2 is 1.75 bits per heavy atom. The smallest absolute Gasteiger partial charge is 0.303 e. The van der Waals surface area contributed by atoms with Gasteiger partial charge in [0.15, 0.2) is 0 Å². The van der Waals surface area contributed by atoms with Crippen molar-refractivity contribution in [3.63, 3.8) is 0 Å². The van der Waals surface area contributed by atoms with Gasteiger partial charge in [0, 0.05) is 12.3 Å². The SMILES string of the molecule is CCCCCCCCC(C=O)CCC(=O)O. The standard InChI is InChI=1S/C13H24O3/c1-2-3-4-5-6-7-8-12(11-14)9-10-13(15)16/h11-12H,2-10H2,1H3,(H,15,16). The van der Waals surface area contributed by atoms with Gasteiger partial charge in [-0.25, -0.2) is 0 Å². The molecule has 1 unspecified atom stereocenters. The molecule has 0 aliphatic heterocycles. The van der Waals surface area contributed by atoms with Gasteiger partial charge >= 0.3 is 5.97 Å². The van der Waals surface area contributed by atoms with Crippen molar-refractivity contribution < 1.29 is 14.7 Å². The normalized spacial score (nSPS) is 12.3. The fraction of sp³-hybridized carbons (Fsp3) is 0.846. The first-order valence-electron chi connectivity index (χ1n) is 6.37. The summed E-state index contributed by atoms with van der Waals surface area (Å²) in [5.41, 5.74) is 0. The number of aldehydes is 1. The first kappa shape index (κ1) is 15.1. The van der Waals surface area contributed by atoms with Crippen LogP contribution in [0, 0.1) is 5.92 Å². The van der Waals surface area contributed by atoms with Crippen molar-refractivity contribution in [3.8, 4) is 0 Å². The molecule has 0 aromatic carbocycles. The van der Waals surface area contributed by atoms with Gasteiger partial charge in [-0.15, -0.1) is 0 Å². The molecular weight excluding hydrogens is 204 g/mol. The maximum Gasteiger partial charge on any atom is 0.303 e. The third-order valence-corrected chi connectivity index (χ3v) is 2.85. The van der Waals surface area contributed by atoms with E-state index < -0.39 is 5.97 Å². The number of carbonyl (C=O) groups excluding carboxylic acids is 1. The van der Waals surface area contributed by atoms with E-state index in [0.29, 0.717) is 6.42 Å². The summed E-state index contributed by atoms with van der Waals surface area (Å²) in [7, 11) is 0. The summed E-state index contributed by atoms with van der Waals surface area (Å²) in [6.07, 6.45) is 9.62. The molecule has 1 N–H and O–H groups in total. The number of aliphatic carboxylic acids is 1. The van der Waals surface area contributed by atoms with Crippen LogP contribution in [0.15, 0.2) is 0 Å². The van der Waals surface area contributed by atoms with Crippen LogP contribution >= 0.6 is 0 Å². The largest absolute Gasteiger partial charge is 0.481 e. The third kappa shape index (κ3) is 9.69. The third-order valence-electron chi connectivity index (χ3n) is 2.85. The van der Waals surface area contributed by atoms with Crippen molar-refractivity contribution in [3.05, 3.63) is 0 Å². The van der Waals surface area contributed by atoms with Crippen LogP contribution in [0.1, 0.15) is 64.7 Å². The van der Waals surface area contributed by atoms with Gasteiger partial charge in [0.05, 0.1) is 0 Å². The molecule has 0 fully saturated rings. The van der Waals surface area contributed by atoms with Gasteiger partial charge in [-0.2, -0.15) is 0 Å². The van der Waals surface area contributed by atoms with E-state index in [9.17, 15) is 9.59 Å². The maximum absolute atomic E-state index is 10.7. The highest BCUT2D eigenvalue weighted by Gasteiger charge is 2.09. The molecule has 0 saturated heterocycles. The fourth-order valence-corrected chi connectivity index (χ4v) is 1.78. The second kappa shape index (κ2) is 10.7. The zero-order valence-corrected chi connectivity index (χ0v) is 10.3. The van der Waals surface area contributed by atoms with Crippen LogP contribution in [0.3, 0.4) is 0 Å². The zero-order chi connectivity index (χ0) is 12.2. The zero-order valence-electron chi connectivity index (χ0n) is 10.3. The minimum atomic E-state index is -0.810. The number of carboxylic acid groups (broad SMARTS) is 1. The van der Waals surface area contributed by atoms with Crippen molar-refractivity contribution in [2.75, 3.05) is 0 Å². The fourth-order valence-electron chi connectivity index (χ4n) is 1.78. The summed E-state index contributed by atoms with van der Waals surface area (Å²) in [6, 6.07) is 0. The van der Waals surface area contributed by atoms with E-state index in [4.69, 9.17) is 5.11 Å². The number of rotatable bonds is 11. The molecule has 1 atom stereocenters. The molecule has 0 saturated carbocycles. The molecule has 0 amide bonds. The second-order valence-electron chi connectivity index (χ2n) is 4.39. The lowest BCUT2D eigenvalue weighted by atomic mass is 9.97. The van der Waals surface area contributed by atoms with E-state index in [1.807, 2.05) is 0 Å². The monoisotopic (exact) mass is 228 g/mol. The van der Waals surface area contributed by atoms with E-state index in [0.717, 1.165) is 25.5 Å². The Morgan fingerprint density at radius 1 is 1.12 bits per heavy atom. The van der Waals surface area contributed by atoms with Crippen LogP contribution in [-0.4, -0.2) is 17.4 Å². The van der Waals surface area contributed by atoms with E-state index >= 15 is 0 Å². The predicted octanol–water partition coefficient (Wildman–Crippen LogP) is 3.42. The molecule has 0 aliphatic carbocycles. The van der Waals surface area contributed by atoms with Gasteiger partial charge in [-0.1, -0.05) is 45.4 Å². The summed E-state index contributed by atoms with van der Waals surface area (Å²) in [5.74, 6) is -0.864. The van der Waals surface area contributed by atoms with Crippen molar-refractivity contribution in [2.24, 2.45) is 5.92 Å².